The molecule has 5 heteroatoms. The number of carbonyl (C=O) groups is 2. The molecule has 0 bridgehead atoms. The third-order valence-electron chi connectivity index (χ3n) is 3.64. The summed E-state index contributed by atoms with van der Waals surface area (Å²) in [4.78, 5) is 22.8. The Labute approximate surface area is 113 Å². The van der Waals surface area contributed by atoms with Crippen LogP contribution in [0.25, 0.3) is 0 Å². The fourth-order valence-corrected chi connectivity index (χ4v) is 2.16. The maximum Gasteiger partial charge on any atom is 0.330 e. The van der Waals surface area contributed by atoms with E-state index in [1.54, 1.807) is 0 Å². The first-order chi connectivity index (χ1) is 8.93. The highest BCUT2D eigenvalue weighted by atomic mass is 16.6. The quantitative estimate of drug-likeness (QED) is 0.542. The van der Waals surface area contributed by atoms with Gasteiger partial charge in [-0.25, -0.2) is 9.59 Å². The van der Waals surface area contributed by atoms with E-state index in [4.69, 9.17) is 14.2 Å². The topological polar surface area (TPSA) is 61.8 Å². The summed E-state index contributed by atoms with van der Waals surface area (Å²) in [5.41, 5.74) is -1.67. The molecule has 2 unspecified atom stereocenters. The van der Waals surface area contributed by atoms with Gasteiger partial charge in [-0.2, -0.15) is 0 Å². The van der Waals surface area contributed by atoms with Crippen LogP contribution in [-0.4, -0.2) is 36.4 Å². The molecule has 106 valence electrons. The number of rotatable bonds is 6. The Hall–Kier alpha value is -1.62. The molecule has 2 atom stereocenters. The maximum atomic E-state index is 11.5. The highest BCUT2D eigenvalue weighted by Crippen LogP contribution is 2.41. The van der Waals surface area contributed by atoms with Crippen molar-refractivity contribution in [2.75, 3.05) is 13.2 Å². The van der Waals surface area contributed by atoms with Gasteiger partial charge >= 0.3 is 11.9 Å². The fourth-order valence-electron chi connectivity index (χ4n) is 2.16. The minimum Gasteiger partial charge on any atom is -0.458 e. The maximum absolute atomic E-state index is 11.5. The molecule has 1 aliphatic heterocycles. The monoisotopic (exact) mass is 268 g/mol. The van der Waals surface area contributed by atoms with Gasteiger partial charge in [-0.05, 0) is 13.3 Å². The summed E-state index contributed by atoms with van der Waals surface area (Å²) in [5, 5.41) is 0. The summed E-state index contributed by atoms with van der Waals surface area (Å²) in [7, 11) is 0. The van der Waals surface area contributed by atoms with E-state index in [-0.39, 0.29) is 6.61 Å². The second-order valence-corrected chi connectivity index (χ2v) is 4.61. The first kappa shape index (κ1) is 15.4. The molecule has 0 aliphatic carbocycles. The van der Waals surface area contributed by atoms with E-state index < -0.39 is 23.1 Å². The Morgan fingerprint density at radius 3 is 2.47 bits per heavy atom. The molecule has 1 heterocycles. The van der Waals surface area contributed by atoms with Crippen molar-refractivity contribution >= 4 is 11.9 Å². The molecular formula is C14H20O5. The highest BCUT2D eigenvalue weighted by molar-refractivity contribution is 5.82. The summed E-state index contributed by atoms with van der Waals surface area (Å²) in [6.45, 7) is 10.9. The Morgan fingerprint density at radius 1 is 1.32 bits per heavy atom. The molecule has 1 saturated heterocycles. The van der Waals surface area contributed by atoms with Gasteiger partial charge in [0.15, 0.2) is 5.60 Å². The van der Waals surface area contributed by atoms with Crippen molar-refractivity contribution < 1.29 is 23.8 Å². The van der Waals surface area contributed by atoms with Crippen LogP contribution in [0.1, 0.15) is 26.7 Å². The summed E-state index contributed by atoms with van der Waals surface area (Å²) < 4.78 is 16.2. The third-order valence-corrected chi connectivity index (χ3v) is 3.64. The van der Waals surface area contributed by atoms with Crippen molar-refractivity contribution in [3.63, 3.8) is 0 Å². The van der Waals surface area contributed by atoms with Crippen molar-refractivity contribution in [3.05, 3.63) is 25.3 Å². The van der Waals surface area contributed by atoms with Gasteiger partial charge in [0, 0.05) is 18.6 Å². The van der Waals surface area contributed by atoms with E-state index in [2.05, 4.69) is 13.2 Å². The standard InChI is InChI=1S/C14H20O5/c1-5-11(15)17-10-14(19-12(16)6-2)8-9-18-13(14,4)7-3/h5-6H,1-2,7-10H2,3-4H3. The van der Waals surface area contributed by atoms with Crippen LogP contribution < -0.4 is 0 Å². The minimum atomic E-state index is -0.980. The first-order valence-corrected chi connectivity index (χ1v) is 6.21. The van der Waals surface area contributed by atoms with Gasteiger partial charge in [-0.15, -0.1) is 0 Å². The van der Waals surface area contributed by atoms with Gasteiger partial charge in [0.05, 0.1) is 6.61 Å². The molecule has 0 aromatic carbocycles. The van der Waals surface area contributed by atoms with Crippen LogP contribution in [0.15, 0.2) is 25.3 Å². The Kier molecular flexibility index (Phi) is 4.89. The van der Waals surface area contributed by atoms with Crippen molar-refractivity contribution in [2.45, 2.75) is 37.9 Å². The van der Waals surface area contributed by atoms with Gasteiger partial charge in [0.1, 0.15) is 12.2 Å². The van der Waals surface area contributed by atoms with E-state index >= 15 is 0 Å². The van der Waals surface area contributed by atoms with Crippen LogP contribution in [0.3, 0.4) is 0 Å². The molecule has 0 amide bonds. The van der Waals surface area contributed by atoms with Crippen molar-refractivity contribution in [3.8, 4) is 0 Å². The molecule has 0 N–H and O–H groups in total. The molecule has 0 aromatic heterocycles. The lowest BCUT2D eigenvalue weighted by atomic mass is 9.82. The van der Waals surface area contributed by atoms with Crippen LogP contribution in [0.5, 0.6) is 0 Å². The molecule has 0 spiro atoms. The van der Waals surface area contributed by atoms with Crippen LogP contribution in [0.4, 0.5) is 0 Å². The zero-order valence-electron chi connectivity index (χ0n) is 11.4. The number of ether oxygens (including phenoxy) is 3. The zero-order chi connectivity index (χ0) is 14.5. The lowest BCUT2D eigenvalue weighted by Gasteiger charge is -2.40. The van der Waals surface area contributed by atoms with Crippen molar-refractivity contribution in [1.29, 1.82) is 0 Å². The molecular weight excluding hydrogens is 248 g/mol. The van der Waals surface area contributed by atoms with Crippen LogP contribution in [0, 0.1) is 0 Å². The number of carbonyl (C=O) groups excluding carboxylic acids is 2. The molecule has 1 rings (SSSR count). The first-order valence-electron chi connectivity index (χ1n) is 6.21. The smallest absolute Gasteiger partial charge is 0.330 e. The summed E-state index contributed by atoms with van der Waals surface area (Å²) in [6, 6.07) is 0. The van der Waals surface area contributed by atoms with Gasteiger partial charge in [0.2, 0.25) is 0 Å². The van der Waals surface area contributed by atoms with Crippen molar-refractivity contribution in [2.24, 2.45) is 0 Å². The Morgan fingerprint density at radius 2 is 1.95 bits per heavy atom. The fraction of sp³-hybridized carbons (Fsp3) is 0.571. The lowest BCUT2D eigenvalue weighted by molar-refractivity contribution is -0.190. The summed E-state index contributed by atoms with van der Waals surface area (Å²) in [5.74, 6) is -1.11. The van der Waals surface area contributed by atoms with Gasteiger partial charge in [-0.3, -0.25) is 0 Å². The Balaban J connectivity index is 2.95. The third kappa shape index (κ3) is 3.04. The van der Waals surface area contributed by atoms with Crippen LogP contribution in [-0.2, 0) is 23.8 Å². The molecule has 1 fully saturated rings. The van der Waals surface area contributed by atoms with E-state index in [1.807, 2.05) is 13.8 Å². The Bertz CT molecular complexity index is 389. The zero-order valence-corrected chi connectivity index (χ0v) is 11.4. The molecule has 19 heavy (non-hydrogen) atoms. The average Bonchev–Trinajstić information content (AvgIpc) is 2.74. The lowest BCUT2D eigenvalue weighted by Crippen LogP contribution is -2.54. The van der Waals surface area contributed by atoms with Gasteiger partial charge in [0.25, 0.3) is 0 Å². The molecule has 0 saturated carbocycles. The number of esters is 2. The molecule has 5 nitrogen and oxygen atoms in total. The van der Waals surface area contributed by atoms with Gasteiger partial charge in [-0.1, -0.05) is 20.1 Å². The predicted molar refractivity (Wildman–Crippen MR) is 69.4 cm³/mol. The van der Waals surface area contributed by atoms with E-state index in [9.17, 15) is 9.59 Å². The van der Waals surface area contributed by atoms with E-state index in [0.29, 0.717) is 19.4 Å². The van der Waals surface area contributed by atoms with Gasteiger partial charge < -0.3 is 14.2 Å². The molecule has 0 aromatic rings. The molecule has 0 radical (unpaired) electrons. The van der Waals surface area contributed by atoms with E-state index in [1.165, 1.54) is 0 Å². The average molecular weight is 268 g/mol. The van der Waals surface area contributed by atoms with E-state index in [0.717, 1.165) is 12.2 Å². The second-order valence-electron chi connectivity index (χ2n) is 4.61. The number of hydrogen-bond donors (Lipinski definition) is 0. The largest absolute Gasteiger partial charge is 0.458 e. The summed E-state index contributed by atoms with van der Waals surface area (Å²) >= 11 is 0. The summed E-state index contributed by atoms with van der Waals surface area (Å²) in [6.07, 6.45) is 3.26. The SMILES string of the molecule is C=CC(=O)OCC1(OC(=O)C=C)CCOC1(C)CC. The normalized spacial score (nSPS) is 29.6. The predicted octanol–water partition coefficient (Wildman–Crippen LogP) is 1.77. The number of hydrogen-bond acceptors (Lipinski definition) is 5. The second kappa shape index (κ2) is 6.02. The highest BCUT2D eigenvalue weighted by Gasteiger charge is 2.56. The minimum absolute atomic E-state index is 0.0538. The van der Waals surface area contributed by atoms with Crippen molar-refractivity contribution in [1.82, 2.24) is 0 Å². The van der Waals surface area contributed by atoms with Crippen LogP contribution in [0.2, 0.25) is 0 Å². The molecule has 1 aliphatic rings. The van der Waals surface area contributed by atoms with Crippen LogP contribution >= 0.6 is 0 Å².